The van der Waals surface area contributed by atoms with Gasteiger partial charge in [0.25, 0.3) is 0 Å². The predicted molar refractivity (Wildman–Crippen MR) is 171 cm³/mol. The minimum atomic E-state index is -0.750. The van der Waals surface area contributed by atoms with Gasteiger partial charge in [0.2, 0.25) is 0 Å². The van der Waals surface area contributed by atoms with Crippen LogP contribution in [0.4, 0.5) is 0 Å². The van der Waals surface area contributed by atoms with Crippen LogP contribution in [0.15, 0.2) is 66.7 Å². The Hall–Kier alpha value is -4.70. The van der Waals surface area contributed by atoms with E-state index in [0.717, 1.165) is 0 Å². The number of esters is 2. The standard InChI is InChI=1S/C37H40O10/c1-44-26-10-6-24(7-11-26)34(41)28-20-23(4-14-31(28)38)5-15-33(40)46-18-3-19-47-36(43)30-22-37(30)17-16-32(39)29(21-37)35(42)25-8-12-27(45-2)13-9-25/h4,6-14,20,29-30,32,38-39H,3,5,15-19,21-22H2,1-2H3. The van der Waals surface area contributed by atoms with Crippen LogP contribution in [0.5, 0.6) is 17.2 Å². The molecule has 0 radical (unpaired) electrons. The Kier molecular flexibility index (Phi) is 10.6. The van der Waals surface area contributed by atoms with Crippen molar-refractivity contribution in [2.45, 2.75) is 51.0 Å². The zero-order valence-electron chi connectivity index (χ0n) is 26.6. The van der Waals surface area contributed by atoms with Crippen LogP contribution in [0.25, 0.3) is 0 Å². The number of aliphatic hydroxyl groups excluding tert-OH is 1. The Bertz CT molecular complexity index is 1600. The van der Waals surface area contributed by atoms with E-state index in [1.165, 1.54) is 13.2 Å². The lowest BCUT2D eigenvalue weighted by molar-refractivity contribution is -0.148. The molecule has 2 N–H and O–H groups in total. The van der Waals surface area contributed by atoms with Gasteiger partial charge in [-0.25, -0.2) is 0 Å². The van der Waals surface area contributed by atoms with Crippen LogP contribution in [-0.2, 0) is 25.5 Å². The molecule has 3 aromatic carbocycles. The van der Waals surface area contributed by atoms with Gasteiger partial charge in [-0.1, -0.05) is 6.07 Å². The van der Waals surface area contributed by atoms with Crippen molar-refractivity contribution in [3.8, 4) is 17.2 Å². The maximum atomic E-state index is 13.2. The van der Waals surface area contributed by atoms with Crippen molar-refractivity contribution in [3.05, 3.63) is 89.0 Å². The number of ether oxygens (including phenoxy) is 4. The van der Waals surface area contributed by atoms with Crippen molar-refractivity contribution in [3.63, 3.8) is 0 Å². The van der Waals surface area contributed by atoms with E-state index < -0.39 is 18.0 Å². The summed E-state index contributed by atoms with van der Waals surface area (Å²) >= 11 is 0. The van der Waals surface area contributed by atoms with Gasteiger partial charge >= 0.3 is 11.9 Å². The number of hydrogen-bond acceptors (Lipinski definition) is 10. The van der Waals surface area contributed by atoms with Crippen molar-refractivity contribution in [2.75, 3.05) is 27.4 Å². The molecule has 2 fully saturated rings. The highest BCUT2D eigenvalue weighted by atomic mass is 16.5. The van der Waals surface area contributed by atoms with Crippen LogP contribution < -0.4 is 9.47 Å². The molecular weight excluding hydrogens is 604 g/mol. The molecule has 10 heteroatoms. The molecule has 5 rings (SSSR count). The lowest BCUT2D eigenvalue weighted by atomic mass is 9.73. The summed E-state index contributed by atoms with van der Waals surface area (Å²) in [5, 5.41) is 20.9. The quantitative estimate of drug-likeness (QED) is 0.138. The third-order valence-electron chi connectivity index (χ3n) is 9.29. The van der Waals surface area contributed by atoms with E-state index in [4.69, 9.17) is 18.9 Å². The van der Waals surface area contributed by atoms with E-state index in [1.54, 1.807) is 67.8 Å². The van der Waals surface area contributed by atoms with Crippen molar-refractivity contribution < 1.29 is 48.3 Å². The predicted octanol–water partition coefficient (Wildman–Crippen LogP) is 5.10. The Morgan fingerprint density at radius 2 is 1.47 bits per heavy atom. The number of carbonyl (C=O) groups excluding carboxylic acids is 4. The number of carbonyl (C=O) groups is 4. The van der Waals surface area contributed by atoms with Crippen molar-refractivity contribution >= 4 is 23.5 Å². The molecule has 47 heavy (non-hydrogen) atoms. The Morgan fingerprint density at radius 3 is 2.13 bits per heavy atom. The second-order valence-corrected chi connectivity index (χ2v) is 12.3. The lowest BCUT2D eigenvalue weighted by Crippen LogP contribution is -2.37. The molecule has 2 saturated carbocycles. The monoisotopic (exact) mass is 644 g/mol. The fourth-order valence-electron chi connectivity index (χ4n) is 6.39. The van der Waals surface area contributed by atoms with Crippen LogP contribution in [0.2, 0.25) is 0 Å². The number of aromatic hydroxyl groups is 1. The van der Waals surface area contributed by atoms with E-state index in [-0.39, 0.29) is 59.8 Å². The average Bonchev–Trinajstić information content (AvgIpc) is 3.81. The first-order chi connectivity index (χ1) is 22.6. The highest BCUT2D eigenvalue weighted by Crippen LogP contribution is 2.63. The van der Waals surface area contributed by atoms with Crippen LogP contribution in [0, 0.1) is 17.3 Å². The second-order valence-electron chi connectivity index (χ2n) is 12.3. The number of rotatable bonds is 14. The molecule has 0 amide bonds. The van der Waals surface area contributed by atoms with Crippen LogP contribution >= 0.6 is 0 Å². The molecule has 4 unspecified atom stereocenters. The summed E-state index contributed by atoms with van der Waals surface area (Å²) in [4.78, 5) is 51.2. The van der Waals surface area contributed by atoms with Crippen molar-refractivity contribution in [1.29, 1.82) is 0 Å². The van der Waals surface area contributed by atoms with Gasteiger partial charge in [0, 0.05) is 29.9 Å². The number of aryl methyl sites for hydroxylation is 1. The smallest absolute Gasteiger partial charge is 0.309 e. The summed E-state index contributed by atoms with van der Waals surface area (Å²) in [5.74, 6) is -0.999. The summed E-state index contributed by atoms with van der Waals surface area (Å²) < 4.78 is 21.1. The van der Waals surface area contributed by atoms with Gasteiger partial charge < -0.3 is 29.2 Å². The van der Waals surface area contributed by atoms with E-state index >= 15 is 0 Å². The maximum Gasteiger partial charge on any atom is 0.309 e. The Morgan fingerprint density at radius 1 is 0.830 bits per heavy atom. The minimum absolute atomic E-state index is 0.0770. The first kappa shape index (κ1) is 33.7. The summed E-state index contributed by atoms with van der Waals surface area (Å²) in [6.07, 6.45) is 2.17. The molecule has 0 aliphatic heterocycles. The van der Waals surface area contributed by atoms with Crippen molar-refractivity contribution in [2.24, 2.45) is 17.3 Å². The highest BCUT2D eigenvalue weighted by Gasteiger charge is 2.62. The molecule has 0 bridgehead atoms. The molecular formula is C37H40O10. The van der Waals surface area contributed by atoms with Gasteiger partial charge in [0.1, 0.15) is 17.2 Å². The van der Waals surface area contributed by atoms with Gasteiger partial charge in [-0.2, -0.15) is 0 Å². The zero-order valence-corrected chi connectivity index (χ0v) is 26.6. The molecule has 0 saturated heterocycles. The topological polar surface area (TPSA) is 146 Å². The van der Waals surface area contributed by atoms with E-state index in [2.05, 4.69) is 0 Å². The van der Waals surface area contributed by atoms with Gasteiger partial charge in [-0.05, 0) is 104 Å². The highest BCUT2D eigenvalue weighted by molar-refractivity contribution is 6.10. The number of aliphatic hydroxyl groups is 1. The number of phenols is 1. The van der Waals surface area contributed by atoms with E-state index in [9.17, 15) is 29.4 Å². The molecule has 2 aliphatic carbocycles. The second kappa shape index (κ2) is 14.8. The van der Waals surface area contributed by atoms with Gasteiger partial charge in [-0.15, -0.1) is 0 Å². The summed E-state index contributed by atoms with van der Waals surface area (Å²) in [5.41, 5.74) is 1.42. The lowest BCUT2D eigenvalue weighted by Gasteiger charge is -2.33. The normalized spacial score (nSPS) is 21.5. The number of ketones is 2. The number of benzene rings is 3. The molecule has 0 aromatic heterocycles. The molecule has 10 nitrogen and oxygen atoms in total. The molecule has 1 spiro atoms. The Labute approximate surface area is 273 Å². The summed E-state index contributed by atoms with van der Waals surface area (Å²) in [6, 6.07) is 18.0. The Balaban J connectivity index is 1.02. The SMILES string of the molecule is COc1ccc(C(=O)c2cc(CCC(=O)OCCCOC(=O)C3CC34CCC(O)C(C(=O)c3ccc(OC)cc3)C4)ccc2O)cc1. The molecule has 3 aromatic rings. The number of methoxy groups -OCH3 is 2. The van der Waals surface area contributed by atoms with Gasteiger partial charge in [-0.3, -0.25) is 19.2 Å². The number of phenolic OH excluding ortho intramolecular Hbond substituents is 1. The van der Waals surface area contributed by atoms with Crippen molar-refractivity contribution in [1.82, 2.24) is 0 Å². The van der Waals surface area contributed by atoms with Gasteiger partial charge in [0.15, 0.2) is 11.6 Å². The first-order valence-corrected chi connectivity index (χ1v) is 15.8. The fourth-order valence-corrected chi connectivity index (χ4v) is 6.39. The van der Waals surface area contributed by atoms with E-state index in [1.807, 2.05) is 0 Å². The molecule has 248 valence electrons. The largest absolute Gasteiger partial charge is 0.507 e. The zero-order chi connectivity index (χ0) is 33.6. The summed E-state index contributed by atoms with van der Waals surface area (Å²) in [6.45, 7) is 0.188. The number of Topliss-reactive ketones (excluding diaryl/α,β-unsaturated/α-hetero) is 1. The van der Waals surface area contributed by atoms with Crippen LogP contribution in [0.1, 0.15) is 70.4 Å². The summed E-state index contributed by atoms with van der Waals surface area (Å²) in [7, 11) is 3.09. The van der Waals surface area contributed by atoms with Crippen LogP contribution in [0.3, 0.4) is 0 Å². The average molecular weight is 645 g/mol. The van der Waals surface area contributed by atoms with Gasteiger partial charge in [0.05, 0.1) is 45.0 Å². The third-order valence-corrected chi connectivity index (χ3v) is 9.29. The van der Waals surface area contributed by atoms with E-state index in [0.29, 0.717) is 66.7 Å². The fraction of sp³-hybridized carbons (Fsp3) is 0.405. The number of hydrogen-bond donors (Lipinski definition) is 2. The maximum absolute atomic E-state index is 13.2. The molecule has 0 heterocycles. The molecule has 2 aliphatic rings. The third kappa shape index (κ3) is 8.00. The minimum Gasteiger partial charge on any atom is -0.507 e. The first-order valence-electron chi connectivity index (χ1n) is 15.8. The molecule has 4 atom stereocenters. The van der Waals surface area contributed by atoms with Crippen LogP contribution in [-0.4, -0.2) is 67.3 Å².